The molecule has 0 amide bonds. The van der Waals surface area contributed by atoms with Gasteiger partial charge in [-0.25, -0.2) is 4.98 Å². The predicted molar refractivity (Wildman–Crippen MR) is 107 cm³/mol. The number of rotatable bonds is 7. The topological polar surface area (TPSA) is 87.2 Å². The number of aromatic nitrogens is 3. The summed E-state index contributed by atoms with van der Waals surface area (Å²) >= 11 is 0. The third-order valence-electron chi connectivity index (χ3n) is 4.08. The van der Waals surface area contributed by atoms with E-state index in [2.05, 4.69) is 30.8 Å². The molecule has 0 unspecified atom stereocenters. The molecular weight excluding hydrogens is 397 g/mol. The van der Waals surface area contributed by atoms with E-state index in [1.807, 2.05) is 24.3 Å². The normalized spacial score (nSPS) is 11.9. The average Bonchev–Trinajstić information content (AvgIpc) is 3.28. The Bertz CT molecular complexity index is 955. The van der Waals surface area contributed by atoms with Gasteiger partial charge in [0.05, 0.1) is 0 Å². The number of hydrogen-bond acceptors (Lipinski definition) is 4. The van der Waals surface area contributed by atoms with Crippen molar-refractivity contribution in [2.45, 2.75) is 19.3 Å². The quantitative estimate of drug-likeness (QED) is 0.405. The molecule has 0 aliphatic carbocycles. The minimum Gasteiger partial charge on any atom is -0.484 e. The van der Waals surface area contributed by atoms with Crippen molar-refractivity contribution in [1.29, 1.82) is 0 Å². The molecule has 1 aromatic heterocycles. The number of aliphatic imine (C=N–C) groups is 1. The van der Waals surface area contributed by atoms with Crippen molar-refractivity contribution in [3.8, 4) is 17.1 Å². The van der Waals surface area contributed by atoms with Gasteiger partial charge < -0.3 is 15.4 Å². The van der Waals surface area contributed by atoms with Gasteiger partial charge in [0.1, 0.15) is 12.1 Å². The van der Waals surface area contributed by atoms with Crippen LogP contribution in [0.2, 0.25) is 0 Å². The Kier molecular flexibility index (Phi) is 6.89. The molecule has 1 heterocycles. The Balaban J connectivity index is 1.49. The summed E-state index contributed by atoms with van der Waals surface area (Å²) in [5.74, 6) is 1.46. The molecule has 0 spiro atoms. The van der Waals surface area contributed by atoms with E-state index in [4.69, 9.17) is 4.74 Å². The number of nitrogens with one attached hydrogen (secondary N) is 3. The molecule has 30 heavy (non-hydrogen) atoms. The van der Waals surface area contributed by atoms with E-state index < -0.39 is 12.8 Å². The molecule has 158 valence electrons. The van der Waals surface area contributed by atoms with Crippen LogP contribution in [0.1, 0.15) is 11.1 Å². The number of hydrogen-bond donors (Lipinski definition) is 3. The first-order valence-electron chi connectivity index (χ1n) is 9.10. The highest BCUT2D eigenvalue weighted by Gasteiger charge is 2.28. The Morgan fingerprint density at radius 3 is 2.43 bits per heavy atom. The van der Waals surface area contributed by atoms with Crippen LogP contribution < -0.4 is 15.4 Å². The lowest BCUT2D eigenvalue weighted by molar-refractivity contribution is -0.153. The number of alkyl halides is 3. The molecule has 3 aromatic rings. The second-order valence-electron chi connectivity index (χ2n) is 6.36. The third-order valence-corrected chi connectivity index (χ3v) is 4.08. The van der Waals surface area contributed by atoms with Crippen molar-refractivity contribution >= 4 is 5.96 Å². The van der Waals surface area contributed by atoms with E-state index in [1.165, 1.54) is 18.5 Å². The maximum Gasteiger partial charge on any atom is 0.422 e. The van der Waals surface area contributed by atoms with Crippen LogP contribution in [0, 0.1) is 0 Å². The highest BCUT2D eigenvalue weighted by molar-refractivity contribution is 5.79. The highest BCUT2D eigenvalue weighted by Crippen LogP contribution is 2.19. The summed E-state index contributed by atoms with van der Waals surface area (Å²) in [6, 6.07) is 14.3. The molecule has 2 aromatic carbocycles. The first-order chi connectivity index (χ1) is 14.4. The zero-order valence-electron chi connectivity index (χ0n) is 16.2. The van der Waals surface area contributed by atoms with Crippen molar-refractivity contribution in [3.63, 3.8) is 0 Å². The Morgan fingerprint density at radius 2 is 1.80 bits per heavy atom. The summed E-state index contributed by atoms with van der Waals surface area (Å²) in [4.78, 5) is 8.32. The maximum atomic E-state index is 12.2. The summed E-state index contributed by atoms with van der Waals surface area (Å²) in [5.41, 5.74) is 2.85. The number of guanidine groups is 1. The van der Waals surface area contributed by atoms with E-state index in [1.54, 1.807) is 19.2 Å². The summed E-state index contributed by atoms with van der Waals surface area (Å²) in [5, 5.41) is 13.1. The van der Waals surface area contributed by atoms with Crippen molar-refractivity contribution in [2.75, 3.05) is 13.7 Å². The zero-order valence-corrected chi connectivity index (χ0v) is 16.2. The van der Waals surface area contributed by atoms with Crippen LogP contribution in [0.5, 0.6) is 5.75 Å². The average molecular weight is 418 g/mol. The molecule has 0 fully saturated rings. The van der Waals surface area contributed by atoms with Crippen LogP contribution in [-0.2, 0) is 13.1 Å². The lowest BCUT2D eigenvalue weighted by atomic mass is 10.1. The van der Waals surface area contributed by atoms with Gasteiger partial charge in [0, 0.05) is 25.7 Å². The molecular formula is C20H21F3N6O. The molecule has 0 aliphatic heterocycles. The summed E-state index contributed by atoms with van der Waals surface area (Å²) in [7, 11) is 1.66. The highest BCUT2D eigenvalue weighted by atomic mass is 19.4. The van der Waals surface area contributed by atoms with Gasteiger partial charge in [-0.15, -0.1) is 0 Å². The van der Waals surface area contributed by atoms with Crippen molar-refractivity contribution in [2.24, 2.45) is 4.99 Å². The Hall–Kier alpha value is -3.56. The molecule has 0 saturated heterocycles. The number of benzene rings is 2. The Morgan fingerprint density at radius 1 is 1.07 bits per heavy atom. The molecule has 0 radical (unpaired) electrons. The van der Waals surface area contributed by atoms with Crippen LogP contribution in [0.15, 0.2) is 59.9 Å². The second kappa shape index (κ2) is 9.77. The summed E-state index contributed by atoms with van der Waals surface area (Å²) in [6.45, 7) is -0.304. The molecule has 10 heteroatoms. The molecule has 7 nitrogen and oxygen atoms in total. The SMILES string of the molecule is CN=C(NCc1ccc(OCC(F)(F)F)cc1)NCc1cccc(-c2ncn[nH]2)c1. The van der Waals surface area contributed by atoms with Gasteiger partial charge >= 0.3 is 6.18 Å². The van der Waals surface area contributed by atoms with Gasteiger partial charge in [-0.05, 0) is 29.3 Å². The predicted octanol–water partition coefficient (Wildman–Crippen LogP) is 3.28. The molecule has 0 saturated carbocycles. The van der Waals surface area contributed by atoms with Gasteiger partial charge in [-0.1, -0.05) is 30.3 Å². The van der Waals surface area contributed by atoms with Crippen LogP contribution in [0.3, 0.4) is 0 Å². The fraction of sp³-hybridized carbons (Fsp3) is 0.250. The first kappa shape index (κ1) is 21.2. The van der Waals surface area contributed by atoms with Crippen molar-refractivity contribution in [3.05, 3.63) is 66.0 Å². The standard InChI is InChI=1S/C20H21F3N6O/c1-24-19(25-10-14-5-7-17(8-6-14)30-12-20(21,22)23)26-11-15-3-2-4-16(9-15)18-27-13-28-29-18/h2-9,13H,10-12H2,1H3,(H2,24,25,26)(H,27,28,29). The van der Waals surface area contributed by atoms with Crippen molar-refractivity contribution in [1.82, 2.24) is 25.8 Å². The van der Waals surface area contributed by atoms with E-state index in [9.17, 15) is 13.2 Å². The van der Waals surface area contributed by atoms with Gasteiger partial charge in [0.15, 0.2) is 18.4 Å². The summed E-state index contributed by atoms with van der Waals surface area (Å²) < 4.78 is 41.3. The fourth-order valence-electron chi connectivity index (χ4n) is 2.63. The third kappa shape index (κ3) is 6.50. The van der Waals surface area contributed by atoms with E-state index >= 15 is 0 Å². The van der Waals surface area contributed by atoms with Gasteiger partial charge in [-0.2, -0.15) is 18.3 Å². The van der Waals surface area contributed by atoms with Crippen LogP contribution in [0.4, 0.5) is 13.2 Å². The fourth-order valence-corrected chi connectivity index (χ4v) is 2.63. The van der Waals surface area contributed by atoms with E-state index in [0.29, 0.717) is 24.9 Å². The van der Waals surface area contributed by atoms with Crippen LogP contribution in [0.25, 0.3) is 11.4 Å². The van der Waals surface area contributed by atoms with Gasteiger partial charge in [0.25, 0.3) is 0 Å². The molecule has 0 aliphatic rings. The molecule has 3 N–H and O–H groups in total. The Labute approximate surface area is 171 Å². The van der Waals surface area contributed by atoms with Crippen molar-refractivity contribution < 1.29 is 17.9 Å². The lowest BCUT2D eigenvalue weighted by Gasteiger charge is -2.13. The first-order valence-corrected chi connectivity index (χ1v) is 9.10. The minimum absolute atomic E-state index is 0.172. The maximum absolute atomic E-state index is 12.2. The second-order valence-corrected chi connectivity index (χ2v) is 6.36. The number of aromatic amines is 1. The number of H-pyrrole nitrogens is 1. The minimum atomic E-state index is -4.35. The number of halogens is 3. The molecule has 0 bridgehead atoms. The molecule has 0 atom stereocenters. The van der Waals surface area contributed by atoms with E-state index in [-0.39, 0.29) is 5.75 Å². The summed E-state index contributed by atoms with van der Waals surface area (Å²) in [6.07, 6.45) is -2.90. The number of ether oxygens (including phenoxy) is 1. The molecule has 3 rings (SSSR count). The monoisotopic (exact) mass is 418 g/mol. The van der Waals surface area contributed by atoms with Gasteiger partial charge in [-0.3, -0.25) is 10.1 Å². The van der Waals surface area contributed by atoms with Crippen LogP contribution >= 0.6 is 0 Å². The smallest absolute Gasteiger partial charge is 0.422 e. The largest absolute Gasteiger partial charge is 0.484 e. The lowest BCUT2D eigenvalue weighted by Crippen LogP contribution is -2.36. The van der Waals surface area contributed by atoms with E-state index in [0.717, 1.165) is 16.7 Å². The van der Waals surface area contributed by atoms with Gasteiger partial charge in [0.2, 0.25) is 0 Å². The van der Waals surface area contributed by atoms with Crippen LogP contribution in [-0.4, -0.2) is 41.0 Å². The number of nitrogens with zero attached hydrogens (tertiary/aromatic N) is 3. The zero-order chi connectivity index (χ0) is 21.4.